The van der Waals surface area contributed by atoms with Crippen LogP contribution in [0.4, 0.5) is 34.1 Å². The van der Waals surface area contributed by atoms with Gasteiger partial charge in [0.2, 0.25) is 0 Å². The van der Waals surface area contributed by atoms with E-state index in [2.05, 4.69) is 137 Å². The number of aromatic nitrogens is 2. The van der Waals surface area contributed by atoms with E-state index in [-0.39, 0.29) is 67.1 Å². The highest BCUT2D eigenvalue weighted by Crippen LogP contribution is 2.63. The second-order valence-electron chi connectivity index (χ2n) is 28.7. The van der Waals surface area contributed by atoms with Gasteiger partial charge in [0.05, 0.1) is 68.9 Å². The van der Waals surface area contributed by atoms with Gasteiger partial charge in [-0.1, -0.05) is 303 Å². The molecule has 0 radical (unpaired) electrons. The van der Waals surface area contributed by atoms with Gasteiger partial charge in [-0.25, -0.2) is 0 Å². The molecule has 0 atom stereocenters. The van der Waals surface area contributed by atoms with Crippen molar-refractivity contribution in [3.63, 3.8) is 0 Å². The number of hydrogen-bond acceptors (Lipinski definition) is 3. The van der Waals surface area contributed by atoms with Crippen molar-refractivity contribution in [3.8, 4) is 44.8 Å². The van der Waals surface area contributed by atoms with Crippen molar-refractivity contribution in [1.29, 1.82) is 0 Å². The number of para-hydroxylation sites is 5. The lowest BCUT2D eigenvalue weighted by atomic mass is 9.33. The maximum absolute atomic E-state index is 11.5. The molecule has 110 heavy (non-hydrogen) atoms. The number of benzene rings is 17. The van der Waals surface area contributed by atoms with Crippen LogP contribution in [0.3, 0.4) is 0 Å². The zero-order valence-electron chi connectivity index (χ0n) is 76.4. The minimum absolute atomic E-state index is 0.0836. The van der Waals surface area contributed by atoms with E-state index in [1.54, 1.807) is 12.1 Å². The molecule has 4 aliphatic rings. The van der Waals surface area contributed by atoms with Crippen LogP contribution in [0.2, 0.25) is 0 Å². The first kappa shape index (κ1) is 46.0. The molecule has 0 saturated carbocycles. The number of anilines is 6. The summed E-state index contributed by atoms with van der Waals surface area (Å²) in [6.07, 6.45) is 0. The molecule has 5 nitrogen and oxygen atoms in total. The van der Waals surface area contributed by atoms with Gasteiger partial charge < -0.3 is 23.4 Å². The monoisotopic (exact) mass is 1410 g/mol. The Bertz CT molecular complexity index is 7750. The quantitative estimate of drug-likeness (QED) is 0.135. The van der Waals surface area contributed by atoms with Gasteiger partial charge in [0.1, 0.15) is 11.2 Å². The number of furan rings is 1. The summed E-state index contributed by atoms with van der Waals surface area (Å²) < 4.78 is 185. The maximum atomic E-state index is 11.5. The normalized spacial score (nSPS) is 16.2. The van der Waals surface area contributed by atoms with Gasteiger partial charge in [0, 0.05) is 77.6 Å². The van der Waals surface area contributed by atoms with Crippen LogP contribution in [0.5, 0.6) is 0 Å². The SMILES string of the molecule is [2H]c1cc(-n2c3c([2H])c([2H])c([2H])c([2H])c3c3c([2H])c([2H])c([2H])c([2H])c32)cc2c1B1c3c([2H])cc(-n4c5c([2H])c([2H])c([2H])c([2H])c5c5c([2H])c([2H])c([2H])c([2H])c54)cc3N(c3cccc4c3-c3ccccc3C4(c3ccccc3)c3ccccc3)c3cc(-c4ccc5oc6ccccc6c5c4)cc(c31)N2c1cccc2c1-c1ccccc1C2(c1ccccc1)c1ccccc1. The maximum Gasteiger partial charge on any atom is 0.252 e. The largest absolute Gasteiger partial charge is 0.456 e. The highest BCUT2D eigenvalue weighted by Gasteiger charge is 2.52. The van der Waals surface area contributed by atoms with Gasteiger partial charge in [-0.2, -0.15) is 0 Å². The first-order chi connectivity index (χ1) is 62.1. The molecule has 0 unspecified atom stereocenters. The Morgan fingerprint density at radius 3 is 1.10 bits per heavy atom. The summed E-state index contributed by atoms with van der Waals surface area (Å²) in [5, 5.41) is 1.01. The molecule has 5 heterocycles. The van der Waals surface area contributed by atoms with Crippen molar-refractivity contribution in [2.75, 3.05) is 9.80 Å². The third kappa shape index (κ3) is 8.20. The fraction of sp³-hybridized carbons (Fsp3) is 0.0192. The van der Waals surface area contributed by atoms with Crippen molar-refractivity contribution in [2.24, 2.45) is 0 Å². The van der Waals surface area contributed by atoms with Crippen molar-refractivity contribution in [1.82, 2.24) is 9.13 Å². The minimum Gasteiger partial charge on any atom is -0.456 e. The highest BCUT2D eigenvalue weighted by atomic mass is 16.3. The van der Waals surface area contributed by atoms with Gasteiger partial charge in [-0.05, 0) is 174 Å². The molecule has 2 aliphatic carbocycles. The molecule has 0 N–H and O–H groups in total. The molecule has 17 aromatic carbocycles. The van der Waals surface area contributed by atoms with Crippen molar-refractivity contribution in [2.45, 2.75) is 10.8 Å². The first-order valence-electron chi connectivity index (χ1n) is 45.8. The van der Waals surface area contributed by atoms with Gasteiger partial charge in [0.15, 0.2) is 0 Å². The van der Waals surface area contributed by atoms with Crippen LogP contribution in [0, 0.1) is 0 Å². The summed E-state index contributed by atoms with van der Waals surface area (Å²) in [4.78, 5) is 4.34. The van der Waals surface area contributed by atoms with Gasteiger partial charge in [-0.15, -0.1) is 0 Å². The lowest BCUT2D eigenvalue weighted by Gasteiger charge is -2.45. The molecule has 0 amide bonds. The van der Waals surface area contributed by atoms with E-state index in [1.165, 1.54) is 9.13 Å². The van der Waals surface area contributed by atoms with Gasteiger partial charge >= 0.3 is 0 Å². The third-order valence-electron chi connectivity index (χ3n) is 23.5. The third-order valence-corrected chi connectivity index (χ3v) is 23.5. The summed E-state index contributed by atoms with van der Waals surface area (Å²) in [5.41, 5.74) is 15.4. The zero-order chi connectivity index (χ0) is 87.6. The van der Waals surface area contributed by atoms with Crippen LogP contribution in [0.1, 0.15) is 69.2 Å². The Kier molecular flexibility index (Phi) is 9.69. The van der Waals surface area contributed by atoms with Crippen LogP contribution in [0.25, 0.3) is 110 Å². The van der Waals surface area contributed by atoms with E-state index in [4.69, 9.17) is 9.90 Å². The van der Waals surface area contributed by atoms with Crippen LogP contribution < -0.4 is 26.2 Å². The second-order valence-corrected chi connectivity index (χ2v) is 28.7. The molecule has 20 aromatic rings. The molecular weight excluding hydrogens is 1330 g/mol. The topological polar surface area (TPSA) is 29.5 Å². The molecule has 24 rings (SSSR count). The lowest BCUT2D eigenvalue weighted by molar-refractivity contribution is 0.669. The Balaban J connectivity index is 0.910. The Morgan fingerprint density at radius 2 is 0.655 bits per heavy atom. The fourth-order valence-corrected chi connectivity index (χ4v) is 19.3. The summed E-state index contributed by atoms with van der Waals surface area (Å²) in [6, 6.07) is 86.2. The van der Waals surface area contributed by atoms with Crippen molar-refractivity contribution >= 4 is 123 Å². The Hall–Kier alpha value is -14.2. The van der Waals surface area contributed by atoms with Crippen molar-refractivity contribution < 1.29 is 29.1 Å². The van der Waals surface area contributed by atoms with E-state index in [9.17, 15) is 19.2 Å². The Labute approximate surface area is 661 Å². The van der Waals surface area contributed by atoms with E-state index >= 15 is 0 Å². The molecular formula is C104H65BN4O. The van der Waals surface area contributed by atoms with Crippen LogP contribution in [-0.2, 0) is 10.8 Å². The first-order valence-corrected chi connectivity index (χ1v) is 36.8. The molecule has 0 fully saturated rings. The summed E-state index contributed by atoms with van der Waals surface area (Å²) in [7, 11) is 0. The van der Waals surface area contributed by atoms with E-state index in [0.717, 1.165) is 83.1 Å². The molecule has 0 bridgehead atoms. The van der Waals surface area contributed by atoms with E-state index < -0.39 is 114 Å². The average molecular weight is 1420 g/mol. The molecule has 2 aliphatic heterocycles. The molecule has 0 spiro atoms. The molecule has 6 heteroatoms. The van der Waals surface area contributed by atoms with E-state index in [0.29, 0.717) is 67.2 Å². The number of fused-ring (bicyclic) bond motifs is 19. The predicted octanol–water partition coefficient (Wildman–Crippen LogP) is 24.3. The number of hydrogen-bond donors (Lipinski definition) is 0. The minimum atomic E-state index is -1.19. The average Bonchev–Trinajstić information content (AvgIpc) is 1.22. The molecule has 3 aromatic heterocycles. The number of rotatable bonds is 9. The van der Waals surface area contributed by atoms with Crippen LogP contribution in [0.15, 0.2) is 398 Å². The fourth-order valence-electron chi connectivity index (χ4n) is 19.3. The lowest BCUT2D eigenvalue weighted by Crippen LogP contribution is -2.61. The standard InChI is InChI=1S/C104H65BN4O/c1-5-29-68(30-6-1)103(69-31-7-2-8-32-69)82-44-20-13-42-79(82)100-84(103)46-27-52-92(100)108-94-64-72(106-88-48-22-15-37-74(88)75-38-16-23-49-89(75)106)56-58-86(94)105-87-59-57-73(107-90-50-24-17-39-76(90)77-40-18-25-51-91(77)107)65-95(87)109(97-63-67(62-96(108)102(97)105)66-55-60-99-81(61-66)78-41-19-26-54-98(78)110-99)93-53-28-47-85-101(93)80-43-14-21-45-83(80)104(85,70-33-9-3-10-34-70)71-35-11-4-12-36-71/h1-65H/i15D,16D,17D,18D,22D,23D,24D,25D,37D,38D,39D,40D,48D,49D,50D,51D,58D,59D. The molecule has 510 valence electrons. The summed E-state index contributed by atoms with van der Waals surface area (Å²) in [6.45, 7) is -1.19. The highest BCUT2D eigenvalue weighted by molar-refractivity contribution is 7.00. The zero-order valence-corrected chi connectivity index (χ0v) is 58.4. The van der Waals surface area contributed by atoms with Crippen LogP contribution in [-0.4, -0.2) is 15.8 Å². The Morgan fingerprint density at radius 1 is 0.273 bits per heavy atom. The van der Waals surface area contributed by atoms with E-state index in [1.807, 2.05) is 146 Å². The van der Waals surface area contributed by atoms with Crippen LogP contribution >= 0.6 is 0 Å². The smallest absolute Gasteiger partial charge is 0.252 e. The predicted molar refractivity (Wildman–Crippen MR) is 456 cm³/mol. The van der Waals surface area contributed by atoms with Gasteiger partial charge in [-0.3, -0.25) is 0 Å². The summed E-state index contributed by atoms with van der Waals surface area (Å²) >= 11 is 0. The molecule has 0 saturated heterocycles. The number of nitrogens with zero attached hydrogens (tertiary/aromatic N) is 4. The van der Waals surface area contributed by atoms with Crippen molar-refractivity contribution in [3.05, 3.63) is 438 Å². The van der Waals surface area contributed by atoms with Gasteiger partial charge in [0.25, 0.3) is 6.71 Å². The second kappa shape index (κ2) is 23.2. The summed E-state index contributed by atoms with van der Waals surface area (Å²) in [5.74, 6) is 0.